The van der Waals surface area contributed by atoms with Gasteiger partial charge in [-0.1, -0.05) is 0 Å². The molecule has 4 heterocycles. The average Bonchev–Trinajstić information content (AvgIpc) is 3.09. The molecule has 1 unspecified atom stereocenters. The number of hydrogen-bond donors (Lipinski definition) is 0. The summed E-state index contributed by atoms with van der Waals surface area (Å²) in [6.07, 6.45) is 4.99. The maximum absolute atomic E-state index is 12.5. The molecule has 0 aromatic carbocycles. The summed E-state index contributed by atoms with van der Waals surface area (Å²) in [6.45, 7) is 2.58. The number of carbonyl (C=O) groups excluding carboxylic acids is 1. The summed E-state index contributed by atoms with van der Waals surface area (Å²) in [5.41, 5.74) is 0.744. The van der Waals surface area contributed by atoms with E-state index in [4.69, 9.17) is 9.15 Å². The quantitative estimate of drug-likeness (QED) is 0.774. The van der Waals surface area contributed by atoms with Gasteiger partial charge in [-0.3, -0.25) is 4.79 Å². The van der Waals surface area contributed by atoms with Crippen molar-refractivity contribution in [2.24, 2.45) is 20.9 Å². The van der Waals surface area contributed by atoms with E-state index in [1.807, 2.05) is 11.0 Å². The minimum atomic E-state index is -0.582. The molecular formula is C15H14N4O3. The molecule has 1 aromatic rings. The highest BCUT2D eigenvalue weighted by molar-refractivity contribution is 6.24. The van der Waals surface area contributed by atoms with E-state index in [9.17, 15) is 4.79 Å². The predicted octanol–water partition coefficient (Wildman–Crippen LogP) is 0.991. The first-order valence-corrected chi connectivity index (χ1v) is 7.15. The second-order valence-corrected chi connectivity index (χ2v) is 5.13. The molecule has 0 aliphatic carbocycles. The van der Waals surface area contributed by atoms with Crippen molar-refractivity contribution in [2.45, 2.75) is 0 Å². The Morgan fingerprint density at radius 1 is 1.23 bits per heavy atom. The number of morpholine rings is 1. The lowest BCUT2D eigenvalue weighted by atomic mass is 9.92. The van der Waals surface area contributed by atoms with Crippen LogP contribution in [0.5, 0.6) is 0 Å². The zero-order chi connectivity index (χ0) is 14.9. The molecule has 3 aliphatic rings. The van der Waals surface area contributed by atoms with Crippen molar-refractivity contribution in [1.29, 1.82) is 0 Å². The second-order valence-electron chi connectivity index (χ2n) is 5.13. The molecule has 1 fully saturated rings. The zero-order valence-electron chi connectivity index (χ0n) is 11.8. The molecule has 112 valence electrons. The van der Waals surface area contributed by atoms with Crippen LogP contribution < -0.4 is 0 Å². The monoisotopic (exact) mass is 298 g/mol. The fourth-order valence-electron chi connectivity index (χ4n) is 2.70. The SMILES string of the molecule is O=C1N=C(N2CCOCC2)N=C2N=CC=C(c3ccco3)C12. The topological polar surface area (TPSA) is 79.8 Å². The van der Waals surface area contributed by atoms with Gasteiger partial charge in [-0.2, -0.15) is 9.98 Å². The molecule has 0 N–H and O–H groups in total. The van der Waals surface area contributed by atoms with Crippen molar-refractivity contribution in [3.05, 3.63) is 30.2 Å². The third-order valence-corrected chi connectivity index (χ3v) is 3.80. The van der Waals surface area contributed by atoms with Crippen molar-refractivity contribution >= 4 is 29.5 Å². The zero-order valence-corrected chi connectivity index (χ0v) is 11.8. The molecule has 0 radical (unpaired) electrons. The summed E-state index contributed by atoms with van der Waals surface area (Å²) >= 11 is 0. The Kier molecular flexibility index (Phi) is 3.19. The van der Waals surface area contributed by atoms with E-state index < -0.39 is 5.92 Å². The third kappa shape index (κ3) is 2.19. The summed E-state index contributed by atoms with van der Waals surface area (Å²) in [5.74, 6) is 0.696. The number of aliphatic imine (C=N–C) groups is 3. The first-order valence-electron chi connectivity index (χ1n) is 7.15. The summed E-state index contributed by atoms with van der Waals surface area (Å²) in [5, 5.41) is 0. The van der Waals surface area contributed by atoms with Crippen molar-refractivity contribution in [2.75, 3.05) is 26.3 Å². The molecule has 0 spiro atoms. The highest BCUT2D eigenvalue weighted by Gasteiger charge is 2.36. The number of nitrogens with zero attached hydrogens (tertiary/aromatic N) is 4. The number of guanidine groups is 1. The number of amidine groups is 1. The van der Waals surface area contributed by atoms with E-state index >= 15 is 0 Å². The van der Waals surface area contributed by atoms with Crippen molar-refractivity contribution in [3.63, 3.8) is 0 Å². The highest BCUT2D eigenvalue weighted by Crippen LogP contribution is 2.30. The van der Waals surface area contributed by atoms with Gasteiger partial charge in [-0.05, 0) is 18.2 Å². The van der Waals surface area contributed by atoms with Crippen LogP contribution in [0.3, 0.4) is 0 Å². The molecule has 22 heavy (non-hydrogen) atoms. The molecule has 0 saturated carbocycles. The van der Waals surface area contributed by atoms with Crippen LogP contribution in [0, 0.1) is 5.92 Å². The fourth-order valence-corrected chi connectivity index (χ4v) is 2.70. The van der Waals surface area contributed by atoms with E-state index in [1.54, 1.807) is 24.6 Å². The highest BCUT2D eigenvalue weighted by atomic mass is 16.5. The van der Waals surface area contributed by atoms with Gasteiger partial charge in [0, 0.05) is 24.9 Å². The largest absolute Gasteiger partial charge is 0.465 e. The van der Waals surface area contributed by atoms with Crippen molar-refractivity contribution in [1.82, 2.24) is 4.90 Å². The summed E-state index contributed by atoms with van der Waals surface area (Å²) in [6, 6.07) is 3.60. The Morgan fingerprint density at radius 3 is 2.86 bits per heavy atom. The van der Waals surface area contributed by atoms with E-state index in [-0.39, 0.29) is 5.91 Å². The van der Waals surface area contributed by atoms with Crippen molar-refractivity contribution in [3.8, 4) is 0 Å². The molecule has 1 atom stereocenters. The summed E-state index contributed by atoms with van der Waals surface area (Å²) in [4.78, 5) is 27.3. The Bertz CT molecular complexity index is 709. The van der Waals surface area contributed by atoms with Crippen LogP contribution in [0.4, 0.5) is 0 Å². The molecule has 7 nitrogen and oxygen atoms in total. The molecule has 7 heteroatoms. The third-order valence-electron chi connectivity index (χ3n) is 3.80. The van der Waals surface area contributed by atoms with E-state index in [2.05, 4.69) is 15.0 Å². The molecule has 1 aromatic heterocycles. The number of fused-ring (bicyclic) bond motifs is 1. The lowest BCUT2D eigenvalue weighted by Crippen LogP contribution is -2.43. The van der Waals surface area contributed by atoms with E-state index in [0.29, 0.717) is 43.9 Å². The van der Waals surface area contributed by atoms with Gasteiger partial charge < -0.3 is 14.1 Å². The lowest BCUT2D eigenvalue weighted by molar-refractivity contribution is -0.118. The average molecular weight is 298 g/mol. The fraction of sp³-hybridized carbons (Fsp3) is 0.333. The number of amides is 1. The molecule has 0 bridgehead atoms. The van der Waals surface area contributed by atoms with Gasteiger partial charge in [-0.25, -0.2) is 4.99 Å². The standard InChI is InChI=1S/C15H14N4O3/c20-14-12-10(11-2-1-7-22-11)3-4-16-13(12)17-15(18-14)19-5-8-21-9-6-19/h1-4,7,12H,5-6,8-9H2. The number of ether oxygens (including phenoxy) is 1. The van der Waals surface area contributed by atoms with Gasteiger partial charge in [0.1, 0.15) is 17.5 Å². The van der Waals surface area contributed by atoms with Gasteiger partial charge >= 0.3 is 0 Å². The van der Waals surface area contributed by atoms with Crippen LogP contribution in [0.15, 0.2) is 43.9 Å². The van der Waals surface area contributed by atoms with Crippen LogP contribution >= 0.6 is 0 Å². The Balaban J connectivity index is 1.66. The number of carbonyl (C=O) groups is 1. The van der Waals surface area contributed by atoms with Crippen LogP contribution in [-0.2, 0) is 9.53 Å². The van der Waals surface area contributed by atoms with E-state index in [1.165, 1.54) is 0 Å². The minimum absolute atomic E-state index is 0.258. The van der Waals surface area contributed by atoms with Crippen LogP contribution in [0.25, 0.3) is 5.57 Å². The smallest absolute Gasteiger partial charge is 0.264 e. The Labute approximate surface area is 126 Å². The molecule has 1 amide bonds. The molecule has 3 aliphatic heterocycles. The lowest BCUT2D eigenvalue weighted by Gasteiger charge is -2.30. The van der Waals surface area contributed by atoms with Gasteiger partial charge in [0.05, 0.1) is 19.5 Å². The maximum atomic E-state index is 12.5. The Morgan fingerprint density at radius 2 is 2.09 bits per heavy atom. The summed E-state index contributed by atoms with van der Waals surface area (Å²) < 4.78 is 10.7. The predicted molar refractivity (Wildman–Crippen MR) is 80.9 cm³/mol. The normalized spacial score (nSPS) is 24.5. The van der Waals surface area contributed by atoms with Gasteiger partial charge in [0.15, 0.2) is 0 Å². The van der Waals surface area contributed by atoms with Gasteiger partial charge in [0.2, 0.25) is 5.96 Å². The number of hydrogen-bond acceptors (Lipinski definition) is 6. The molecule has 4 rings (SSSR count). The molecular weight excluding hydrogens is 284 g/mol. The number of dihydropyridines is 1. The van der Waals surface area contributed by atoms with Gasteiger partial charge in [0.25, 0.3) is 5.91 Å². The number of furan rings is 1. The van der Waals surface area contributed by atoms with E-state index in [0.717, 1.165) is 5.57 Å². The number of allylic oxidation sites excluding steroid dienone is 1. The maximum Gasteiger partial charge on any atom is 0.264 e. The first kappa shape index (κ1) is 13.1. The van der Waals surface area contributed by atoms with Crippen LogP contribution in [0.2, 0.25) is 0 Å². The second kappa shape index (κ2) is 5.34. The van der Waals surface area contributed by atoms with Gasteiger partial charge in [-0.15, -0.1) is 0 Å². The van der Waals surface area contributed by atoms with Crippen LogP contribution in [-0.4, -0.2) is 55.1 Å². The van der Waals surface area contributed by atoms with Crippen molar-refractivity contribution < 1.29 is 13.9 Å². The summed E-state index contributed by atoms with van der Waals surface area (Å²) in [7, 11) is 0. The Hall–Kier alpha value is -2.54. The number of rotatable bonds is 1. The first-order chi connectivity index (χ1) is 10.8. The minimum Gasteiger partial charge on any atom is -0.465 e. The van der Waals surface area contributed by atoms with Crippen LogP contribution in [0.1, 0.15) is 5.76 Å². The molecule has 1 saturated heterocycles.